The Morgan fingerprint density at radius 1 is 0.743 bits per heavy atom. The fourth-order valence-corrected chi connectivity index (χ4v) is 5.04. The Morgan fingerprint density at radius 2 is 1.60 bits per heavy atom. The van der Waals surface area contributed by atoms with Gasteiger partial charge in [0.25, 0.3) is 10.0 Å². The molecule has 4 heterocycles. The van der Waals surface area contributed by atoms with Crippen LogP contribution in [0.4, 0.5) is 5.69 Å². The van der Waals surface area contributed by atoms with Crippen molar-refractivity contribution in [3.63, 3.8) is 0 Å². The molecule has 172 valence electrons. The molecule has 0 saturated carbocycles. The number of benzene rings is 2. The van der Waals surface area contributed by atoms with Gasteiger partial charge in [-0.3, -0.25) is 19.7 Å². The van der Waals surface area contributed by atoms with Gasteiger partial charge in [-0.2, -0.15) is 0 Å². The molecule has 0 spiro atoms. The van der Waals surface area contributed by atoms with Gasteiger partial charge in [-0.25, -0.2) is 8.42 Å². The van der Waals surface area contributed by atoms with Crippen molar-refractivity contribution in [2.75, 3.05) is 11.5 Å². The third-order valence-electron chi connectivity index (χ3n) is 5.71. The van der Waals surface area contributed by atoms with Gasteiger partial charge in [0.2, 0.25) is 6.79 Å². The van der Waals surface area contributed by atoms with Crippen molar-refractivity contribution in [1.82, 2.24) is 15.0 Å². The summed E-state index contributed by atoms with van der Waals surface area (Å²) in [6.45, 7) is 0.113. The molecule has 0 unspecified atom stereocenters. The second-order valence-corrected chi connectivity index (χ2v) is 9.59. The standard InChI is InChI=1S/C26H18N4O4S/c31-35(32,30-20-2-4-25-26(13-20)34-16-33-25)21-11-19(14-28-15-21)18-1-3-24-23(12-18)22(7-10-29-24)17-5-8-27-9-6-17/h1-15,30H,16H2. The molecular weight excluding hydrogens is 464 g/mol. The average molecular weight is 483 g/mol. The lowest BCUT2D eigenvalue weighted by molar-refractivity contribution is 0.174. The fraction of sp³-hybridized carbons (Fsp3) is 0.0385. The molecule has 2 aromatic carbocycles. The van der Waals surface area contributed by atoms with Crippen LogP contribution in [0.5, 0.6) is 11.5 Å². The minimum atomic E-state index is -3.88. The molecule has 9 heteroatoms. The highest BCUT2D eigenvalue weighted by Gasteiger charge is 2.19. The summed E-state index contributed by atoms with van der Waals surface area (Å²) in [5.41, 5.74) is 4.74. The summed E-state index contributed by atoms with van der Waals surface area (Å²) in [6, 6.07) is 18.1. The summed E-state index contributed by atoms with van der Waals surface area (Å²) in [4.78, 5) is 12.8. The van der Waals surface area contributed by atoms with Crippen LogP contribution in [0.25, 0.3) is 33.2 Å². The molecule has 0 atom stereocenters. The molecule has 0 aliphatic carbocycles. The molecule has 1 N–H and O–H groups in total. The zero-order chi connectivity index (χ0) is 23.8. The molecule has 0 bridgehead atoms. The average Bonchev–Trinajstić information content (AvgIpc) is 3.36. The predicted octanol–water partition coefficient (Wildman–Crippen LogP) is 4.89. The monoisotopic (exact) mass is 482 g/mol. The normalized spacial score (nSPS) is 12.6. The SMILES string of the molecule is O=S(=O)(Nc1ccc2c(c1)OCO2)c1cncc(-c2ccc3nccc(-c4ccncc4)c3c2)c1. The lowest BCUT2D eigenvalue weighted by atomic mass is 9.98. The first-order chi connectivity index (χ1) is 17.1. The molecule has 1 aliphatic rings. The second kappa shape index (κ2) is 8.37. The Morgan fingerprint density at radius 3 is 2.49 bits per heavy atom. The maximum atomic E-state index is 13.1. The highest BCUT2D eigenvalue weighted by atomic mass is 32.2. The van der Waals surface area contributed by atoms with E-state index in [2.05, 4.69) is 19.7 Å². The summed E-state index contributed by atoms with van der Waals surface area (Å²) < 4.78 is 39.4. The Bertz CT molecular complexity index is 1670. The number of sulfonamides is 1. The summed E-state index contributed by atoms with van der Waals surface area (Å²) in [5.74, 6) is 1.07. The van der Waals surface area contributed by atoms with Crippen molar-refractivity contribution in [1.29, 1.82) is 0 Å². The zero-order valence-electron chi connectivity index (χ0n) is 18.3. The van der Waals surface area contributed by atoms with Crippen molar-refractivity contribution < 1.29 is 17.9 Å². The molecular formula is C26H18N4O4S. The van der Waals surface area contributed by atoms with Crippen LogP contribution in [-0.4, -0.2) is 30.2 Å². The van der Waals surface area contributed by atoms with Crippen molar-refractivity contribution in [2.24, 2.45) is 0 Å². The number of pyridine rings is 3. The third kappa shape index (κ3) is 4.02. The summed E-state index contributed by atoms with van der Waals surface area (Å²) in [5, 5.41) is 0.947. The van der Waals surface area contributed by atoms with Gasteiger partial charge in [-0.05, 0) is 65.2 Å². The summed E-state index contributed by atoms with van der Waals surface area (Å²) >= 11 is 0. The Hall–Kier alpha value is -4.50. The number of ether oxygens (including phenoxy) is 2. The molecule has 1 aliphatic heterocycles. The number of nitrogens with one attached hydrogen (secondary N) is 1. The first-order valence-electron chi connectivity index (χ1n) is 10.7. The van der Waals surface area contributed by atoms with Crippen LogP contribution in [-0.2, 0) is 10.0 Å². The van der Waals surface area contributed by atoms with E-state index < -0.39 is 10.0 Å². The number of rotatable bonds is 5. The van der Waals surface area contributed by atoms with Crippen LogP contribution in [0.1, 0.15) is 0 Å². The molecule has 6 rings (SSSR count). The van der Waals surface area contributed by atoms with E-state index in [1.54, 1.807) is 49.1 Å². The largest absolute Gasteiger partial charge is 0.454 e. The number of hydrogen-bond acceptors (Lipinski definition) is 7. The quantitative estimate of drug-likeness (QED) is 0.380. The summed E-state index contributed by atoms with van der Waals surface area (Å²) in [6.07, 6.45) is 8.23. The topological polar surface area (TPSA) is 103 Å². The second-order valence-electron chi connectivity index (χ2n) is 7.91. The third-order valence-corrected chi connectivity index (χ3v) is 7.06. The minimum absolute atomic E-state index is 0.0494. The lowest BCUT2D eigenvalue weighted by Crippen LogP contribution is -2.13. The van der Waals surface area contributed by atoms with Gasteiger partial charge in [-0.1, -0.05) is 6.07 Å². The first kappa shape index (κ1) is 21.1. The predicted molar refractivity (Wildman–Crippen MR) is 132 cm³/mol. The number of fused-ring (bicyclic) bond motifs is 2. The van der Waals surface area contributed by atoms with E-state index >= 15 is 0 Å². The molecule has 5 aromatic rings. The van der Waals surface area contributed by atoms with Crippen LogP contribution in [0.3, 0.4) is 0 Å². The van der Waals surface area contributed by atoms with Gasteiger partial charge < -0.3 is 9.47 Å². The highest BCUT2D eigenvalue weighted by molar-refractivity contribution is 7.92. The molecule has 35 heavy (non-hydrogen) atoms. The van der Waals surface area contributed by atoms with Crippen LogP contribution in [0.2, 0.25) is 0 Å². The van der Waals surface area contributed by atoms with E-state index in [4.69, 9.17) is 9.47 Å². The van der Waals surface area contributed by atoms with E-state index in [1.807, 2.05) is 36.4 Å². The van der Waals surface area contributed by atoms with Crippen molar-refractivity contribution in [3.8, 4) is 33.8 Å². The highest BCUT2D eigenvalue weighted by Crippen LogP contribution is 2.35. The van der Waals surface area contributed by atoms with Crippen LogP contribution in [0, 0.1) is 0 Å². The van der Waals surface area contributed by atoms with Crippen LogP contribution in [0.15, 0.2) is 96.5 Å². The van der Waals surface area contributed by atoms with Crippen LogP contribution < -0.4 is 14.2 Å². The fourth-order valence-electron chi connectivity index (χ4n) is 4.01. The Balaban J connectivity index is 1.36. The molecule has 0 saturated heterocycles. The van der Waals surface area contributed by atoms with Crippen molar-refractivity contribution in [3.05, 3.63) is 91.6 Å². The van der Waals surface area contributed by atoms with Gasteiger partial charge in [0.05, 0.1) is 11.2 Å². The summed E-state index contributed by atoms with van der Waals surface area (Å²) in [7, 11) is -3.88. The molecule has 8 nitrogen and oxygen atoms in total. The maximum absolute atomic E-state index is 13.1. The number of anilines is 1. The number of nitrogens with zero attached hydrogens (tertiary/aromatic N) is 3. The zero-order valence-corrected chi connectivity index (χ0v) is 19.1. The Labute approximate surface area is 201 Å². The van der Waals surface area contributed by atoms with Gasteiger partial charge >= 0.3 is 0 Å². The van der Waals surface area contributed by atoms with Gasteiger partial charge in [-0.15, -0.1) is 0 Å². The number of hydrogen-bond donors (Lipinski definition) is 1. The van der Waals surface area contributed by atoms with Gasteiger partial charge in [0.1, 0.15) is 4.90 Å². The lowest BCUT2D eigenvalue weighted by Gasteiger charge is -2.11. The molecule has 0 amide bonds. The smallest absolute Gasteiger partial charge is 0.263 e. The number of aromatic nitrogens is 3. The molecule has 3 aromatic heterocycles. The van der Waals surface area contributed by atoms with Gasteiger partial charge in [0, 0.05) is 48.0 Å². The van der Waals surface area contributed by atoms with Crippen molar-refractivity contribution in [2.45, 2.75) is 4.90 Å². The van der Waals surface area contributed by atoms with E-state index in [1.165, 1.54) is 6.20 Å². The van der Waals surface area contributed by atoms with Crippen LogP contribution >= 0.6 is 0 Å². The van der Waals surface area contributed by atoms with E-state index in [-0.39, 0.29) is 11.7 Å². The first-order valence-corrected chi connectivity index (χ1v) is 12.2. The molecule has 0 fully saturated rings. The van der Waals surface area contributed by atoms with Crippen molar-refractivity contribution >= 4 is 26.6 Å². The Kier molecular flexibility index (Phi) is 5.04. The maximum Gasteiger partial charge on any atom is 0.263 e. The van der Waals surface area contributed by atoms with E-state index in [9.17, 15) is 8.42 Å². The van der Waals surface area contributed by atoms with E-state index in [0.29, 0.717) is 22.7 Å². The van der Waals surface area contributed by atoms with E-state index in [0.717, 1.165) is 27.6 Å². The van der Waals surface area contributed by atoms with Gasteiger partial charge in [0.15, 0.2) is 11.5 Å². The minimum Gasteiger partial charge on any atom is -0.454 e. The molecule has 0 radical (unpaired) electrons.